The van der Waals surface area contributed by atoms with Gasteiger partial charge in [0.2, 0.25) is 0 Å². The molecule has 0 unspecified atom stereocenters. The second-order valence-electron chi connectivity index (χ2n) is 2.08. The van der Waals surface area contributed by atoms with E-state index >= 15 is 0 Å². The van der Waals surface area contributed by atoms with Gasteiger partial charge in [0.15, 0.2) is 6.29 Å². The average Bonchev–Trinajstić information content (AvgIpc) is 2.52. The van der Waals surface area contributed by atoms with Crippen molar-refractivity contribution in [3.63, 3.8) is 0 Å². The molecule has 1 rings (SSSR count). The molecular weight excluding hydrogens is 176 g/mol. The Morgan fingerprint density at radius 3 is 3.00 bits per heavy atom. The van der Waals surface area contributed by atoms with Crippen molar-refractivity contribution in [3.05, 3.63) is 21.9 Å². The first kappa shape index (κ1) is 8.93. The van der Waals surface area contributed by atoms with E-state index in [1.54, 1.807) is 12.3 Å². The summed E-state index contributed by atoms with van der Waals surface area (Å²) in [7, 11) is 0. The van der Waals surface area contributed by atoms with Crippen LogP contribution in [0.5, 0.6) is 0 Å². The maximum absolute atomic E-state index is 11.0. The number of aldehydes is 1. The van der Waals surface area contributed by atoms with Crippen molar-refractivity contribution < 1.29 is 14.3 Å². The maximum Gasteiger partial charge on any atom is 0.348 e. The van der Waals surface area contributed by atoms with Crippen LogP contribution in [0.25, 0.3) is 0 Å². The van der Waals surface area contributed by atoms with Crippen LogP contribution in [0.3, 0.4) is 0 Å². The smallest absolute Gasteiger partial charge is 0.348 e. The summed E-state index contributed by atoms with van der Waals surface area (Å²) in [5, 5.41) is 1.62. The quantitative estimate of drug-likeness (QED) is 0.530. The number of hydrogen-bond acceptors (Lipinski definition) is 4. The van der Waals surface area contributed by atoms with E-state index in [0.717, 1.165) is 0 Å². The molecule has 1 aromatic heterocycles. The molecule has 0 aliphatic rings. The van der Waals surface area contributed by atoms with Crippen LogP contribution in [0.4, 0.5) is 0 Å². The van der Waals surface area contributed by atoms with Crippen molar-refractivity contribution in [2.75, 3.05) is 6.61 Å². The molecule has 0 saturated carbocycles. The summed E-state index contributed by atoms with van der Waals surface area (Å²) in [6.07, 6.45) is 0.708. The minimum Gasteiger partial charge on any atom is -0.462 e. The van der Waals surface area contributed by atoms with E-state index in [4.69, 9.17) is 4.74 Å². The second-order valence-corrected chi connectivity index (χ2v) is 2.99. The third-order valence-electron chi connectivity index (χ3n) is 1.23. The van der Waals surface area contributed by atoms with Crippen molar-refractivity contribution in [1.29, 1.82) is 0 Å². The molecule has 12 heavy (non-hydrogen) atoms. The molecule has 4 heteroatoms. The van der Waals surface area contributed by atoms with E-state index in [1.165, 1.54) is 17.4 Å². The third kappa shape index (κ3) is 1.92. The zero-order chi connectivity index (χ0) is 8.97. The highest BCUT2D eigenvalue weighted by atomic mass is 32.1. The Morgan fingerprint density at radius 2 is 2.50 bits per heavy atom. The SMILES string of the molecule is CCOC(=O)c1cc(C=O)cs1. The number of thiophene rings is 1. The highest BCUT2D eigenvalue weighted by Gasteiger charge is 2.08. The second kappa shape index (κ2) is 4.01. The molecule has 0 atom stereocenters. The Kier molecular flexibility index (Phi) is 2.99. The summed E-state index contributed by atoms with van der Waals surface area (Å²) < 4.78 is 4.74. The first-order valence-electron chi connectivity index (χ1n) is 3.48. The van der Waals surface area contributed by atoms with Crippen molar-refractivity contribution in [1.82, 2.24) is 0 Å². The summed E-state index contributed by atoms with van der Waals surface area (Å²) in [6, 6.07) is 1.52. The zero-order valence-corrected chi connectivity index (χ0v) is 7.39. The highest BCUT2D eigenvalue weighted by Crippen LogP contribution is 2.13. The van der Waals surface area contributed by atoms with Crippen LogP contribution in [0.1, 0.15) is 27.0 Å². The standard InChI is InChI=1S/C8H8O3S/c1-2-11-8(10)7-3-6(4-9)5-12-7/h3-5H,2H2,1H3. The van der Waals surface area contributed by atoms with Crippen LogP contribution in [0, 0.1) is 0 Å². The van der Waals surface area contributed by atoms with E-state index in [1.807, 2.05) is 0 Å². The molecule has 0 amide bonds. The number of carbonyl (C=O) groups excluding carboxylic acids is 2. The van der Waals surface area contributed by atoms with Crippen LogP contribution in [-0.4, -0.2) is 18.9 Å². The van der Waals surface area contributed by atoms with Crippen LogP contribution in [0.15, 0.2) is 11.4 Å². The lowest BCUT2D eigenvalue weighted by molar-refractivity contribution is 0.0532. The molecule has 3 nitrogen and oxygen atoms in total. The third-order valence-corrected chi connectivity index (χ3v) is 2.16. The summed E-state index contributed by atoms with van der Waals surface area (Å²) in [6.45, 7) is 2.10. The molecule has 0 fully saturated rings. The highest BCUT2D eigenvalue weighted by molar-refractivity contribution is 7.12. The van der Waals surface area contributed by atoms with Gasteiger partial charge in [0, 0.05) is 10.9 Å². The molecule has 0 saturated heterocycles. The molecule has 1 aromatic rings. The van der Waals surface area contributed by atoms with Gasteiger partial charge < -0.3 is 4.74 Å². The van der Waals surface area contributed by atoms with E-state index in [0.29, 0.717) is 23.3 Å². The number of hydrogen-bond donors (Lipinski definition) is 0. The van der Waals surface area contributed by atoms with Gasteiger partial charge in [-0.15, -0.1) is 11.3 Å². The Labute approximate surface area is 74.0 Å². The van der Waals surface area contributed by atoms with Crippen LogP contribution >= 0.6 is 11.3 Å². The lowest BCUT2D eigenvalue weighted by Gasteiger charge is -1.95. The van der Waals surface area contributed by atoms with Crippen molar-refractivity contribution >= 4 is 23.6 Å². The van der Waals surface area contributed by atoms with Crippen molar-refractivity contribution in [3.8, 4) is 0 Å². The van der Waals surface area contributed by atoms with E-state index in [-0.39, 0.29) is 5.97 Å². The molecule has 64 valence electrons. The van der Waals surface area contributed by atoms with Gasteiger partial charge in [-0.3, -0.25) is 4.79 Å². The fourth-order valence-corrected chi connectivity index (χ4v) is 1.47. The van der Waals surface area contributed by atoms with Crippen molar-refractivity contribution in [2.24, 2.45) is 0 Å². The average molecular weight is 184 g/mol. The van der Waals surface area contributed by atoms with E-state index in [2.05, 4.69) is 0 Å². The molecule has 0 bridgehead atoms. The van der Waals surface area contributed by atoms with E-state index in [9.17, 15) is 9.59 Å². The topological polar surface area (TPSA) is 43.4 Å². The fourth-order valence-electron chi connectivity index (χ4n) is 0.722. The number of ether oxygens (including phenoxy) is 1. The summed E-state index contributed by atoms with van der Waals surface area (Å²) in [5.41, 5.74) is 0.517. The van der Waals surface area contributed by atoms with E-state index < -0.39 is 0 Å². The largest absolute Gasteiger partial charge is 0.462 e. The van der Waals surface area contributed by atoms with Gasteiger partial charge in [-0.05, 0) is 13.0 Å². The normalized spacial score (nSPS) is 9.42. The first-order chi connectivity index (χ1) is 5.77. The molecule has 0 aliphatic carbocycles. The first-order valence-corrected chi connectivity index (χ1v) is 4.36. The Bertz CT molecular complexity index is 290. The number of carbonyl (C=O) groups is 2. The molecule has 1 heterocycles. The lowest BCUT2D eigenvalue weighted by atomic mass is 10.3. The molecule has 0 N–H and O–H groups in total. The van der Waals surface area contributed by atoms with Crippen molar-refractivity contribution in [2.45, 2.75) is 6.92 Å². The van der Waals surface area contributed by atoms with Crippen LogP contribution < -0.4 is 0 Å². The van der Waals surface area contributed by atoms with Crippen LogP contribution in [-0.2, 0) is 4.74 Å². The van der Waals surface area contributed by atoms with Gasteiger partial charge in [0.05, 0.1) is 6.61 Å². The minimum absolute atomic E-state index is 0.354. The zero-order valence-electron chi connectivity index (χ0n) is 6.57. The molecular formula is C8H8O3S. The Hall–Kier alpha value is -1.16. The summed E-state index contributed by atoms with van der Waals surface area (Å²) in [4.78, 5) is 21.8. The summed E-state index contributed by atoms with van der Waals surface area (Å²) >= 11 is 1.22. The number of rotatable bonds is 3. The van der Waals surface area contributed by atoms with Gasteiger partial charge in [0.25, 0.3) is 0 Å². The van der Waals surface area contributed by atoms with Crippen LogP contribution in [0.2, 0.25) is 0 Å². The van der Waals surface area contributed by atoms with Gasteiger partial charge >= 0.3 is 5.97 Å². The minimum atomic E-state index is -0.365. The monoisotopic (exact) mass is 184 g/mol. The Morgan fingerprint density at radius 1 is 1.75 bits per heavy atom. The molecule has 0 aromatic carbocycles. The van der Waals surface area contributed by atoms with Gasteiger partial charge in [-0.2, -0.15) is 0 Å². The summed E-state index contributed by atoms with van der Waals surface area (Å²) in [5.74, 6) is -0.365. The fraction of sp³-hybridized carbons (Fsp3) is 0.250. The maximum atomic E-state index is 11.0. The molecule has 0 spiro atoms. The molecule has 0 radical (unpaired) electrons. The number of esters is 1. The van der Waals surface area contributed by atoms with Gasteiger partial charge in [-0.25, -0.2) is 4.79 Å². The van der Waals surface area contributed by atoms with Gasteiger partial charge in [-0.1, -0.05) is 0 Å². The molecule has 0 aliphatic heterocycles. The lowest BCUT2D eigenvalue weighted by Crippen LogP contribution is -2.01. The van der Waals surface area contributed by atoms with Gasteiger partial charge in [0.1, 0.15) is 4.88 Å². The predicted octanol–water partition coefficient (Wildman–Crippen LogP) is 1.74. The predicted molar refractivity (Wildman–Crippen MR) is 45.7 cm³/mol. The Balaban J connectivity index is 2.74.